The molecule has 1 rings (SSSR count). The molecule has 0 saturated carbocycles. The van der Waals surface area contributed by atoms with E-state index >= 15 is 0 Å². The van der Waals surface area contributed by atoms with Crippen molar-refractivity contribution in [2.75, 3.05) is 20.8 Å². The Hall–Kier alpha value is 0.911. The van der Waals surface area contributed by atoms with E-state index in [0.717, 1.165) is 49.0 Å². The van der Waals surface area contributed by atoms with Gasteiger partial charge in [0.25, 0.3) is 0 Å². The maximum absolute atomic E-state index is 9.75. The van der Waals surface area contributed by atoms with Crippen molar-refractivity contribution < 1.29 is 56.5 Å². The van der Waals surface area contributed by atoms with Crippen molar-refractivity contribution in [3.63, 3.8) is 0 Å². The molecule has 1 saturated heterocycles. The van der Waals surface area contributed by atoms with Gasteiger partial charge in [-0.2, -0.15) is 0 Å². The number of hydrogen-bond donors (Lipinski definition) is 0. The standard InChI is InChI=1S/C7H14NO.3BF4.K/c1-8-5-3-7(9-2)4-6-8;3*2-1(3,4)5;/h7H,1,3-6H2,2H3;;;;/q;3*-1;. The molecular weight excluding hydrogens is 414 g/mol. The molecule has 0 unspecified atom stereocenters. The average molecular weight is 428 g/mol. The molecule has 1 aliphatic heterocycles. The van der Waals surface area contributed by atoms with Crippen molar-refractivity contribution in [1.29, 1.82) is 0 Å². The number of methoxy groups -OCH3 is 1. The Bertz CT molecular complexity index is 248. The second-order valence-electron chi connectivity index (χ2n) is 4.35. The summed E-state index contributed by atoms with van der Waals surface area (Å²) in [6.45, 7) is 2.53. The van der Waals surface area contributed by atoms with Crippen molar-refractivity contribution in [2.24, 2.45) is 0 Å². The molecule has 0 aromatic carbocycles. The number of halogens is 12. The Morgan fingerprint density at radius 1 is 0.760 bits per heavy atom. The smallest absolute Gasteiger partial charge is 0.418 e. The minimum atomic E-state index is -6.00. The van der Waals surface area contributed by atoms with Crippen molar-refractivity contribution in [3.8, 4) is 0 Å². The molecule has 1 aliphatic rings. The molecule has 1 fully saturated rings. The molecule has 0 aliphatic carbocycles. The first kappa shape index (κ1) is 30.6. The van der Waals surface area contributed by atoms with Crippen LogP contribution in [0, 0.1) is 0 Å². The van der Waals surface area contributed by atoms with E-state index < -0.39 is 21.8 Å². The van der Waals surface area contributed by atoms with Crippen LogP contribution in [0.3, 0.4) is 0 Å². The number of piperidine rings is 1. The van der Waals surface area contributed by atoms with Crippen LogP contribution in [0.1, 0.15) is 12.8 Å². The van der Waals surface area contributed by atoms with Crippen molar-refractivity contribution in [3.05, 3.63) is 0 Å². The molecule has 0 amide bonds. The molecule has 0 radical (unpaired) electrons. The third-order valence-electron chi connectivity index (χ3n) is 2.32. The van der Waals surface area contributed by atoms with Crippen LogP contribution in [-0.4, -0.2) is 103 Å². The number of nitrogens with zero attached hydrogens (tertiary/aromatic N) is 1. The SMILES string of the molecule is COC1CCN([CH2][K])CC1.F[B-](F)(F)F.F[B-](F)(F)F.F[B-](F)(F)F. The van der Waals surface area contributed by atoms with E-state index in [2.05, 4.69) is 4.90 Å². The predicted octanol–water partition coefficient (Wildman–Crippen LogP) is 4.12. The Labute approximate surface area is 170 Å². The minimum absolute atomic E-state index is 0.551. The minimum Gasteiger partial charge on any atom is -0.418 e. The molecule has 0 spiro atoms. The maximum atomic E-state index is 9.75. The first-order valence-electron chi connectivity index (χ1n) is 6.73. The molecule has 0 atom stereocenters. The van der Waals surface area contributed by atoms with E-state index in [4.69, 9.17) is 4.74 Å². The summed E-state index contributed by atoms with van der Waals surface area (Å²) in [5.41, 5.74) is 0. The van der Waals surface area contributed by atoms with Gasteiger partial charge in [-0.25, -0.2) is 0 Å². The number of likely N-dealkylation sites (tertiary alicyclic amines) is 1. The van der Waals surface area contributed by atoms with Crippen molar-refractivity contribution in [1.82, 2.24) is 4.90 Å². The van der Waals surface area contributed by atoms with Crippen LogP contribution in [0.25, 0.3) is 0 Å². The Morgan fingerprint density at radius 3 is 1.16 bits per heavy atom. The van der Waals surface area contributed by atoms with Crippen LogP contribution < -0.4 is 0 Å². The molecule has 0 aromatic heterocycles. The van der Waals surface area contributed by atoms with Crippen LogP contribution in [-0.2, 0) is 4.74 Å². The first-order chi connectivity index (χ1) is 10.9. The van der Waals surface area contributed by atoms with E-state index in [1.54, 1.807) is 0 Å². The molecule has 150 valence electrons. The molecular formula is C7H14B3F12KNO-3. The number of hydrogen-bond acceptors (Lipinski definition) is 2. The van der Waals surface area contributed by atoms with Gasteiger partial charge < -0.3 is 51.8 Å². The zero-order valence-electron chi connectivity index (χ0n) is 13.2. The molecule has 18 heteroatoms. The third-order valence-corrected chi connectivity index (χ3v) is 3.71. The van der Waals surface area contributed by atoms with E-state index in [0.29, 0.717) is 6.10 Å². The Morgan fingerprint density at radius 2 is 1.00 bits per heavy atom. The van der Waals surface area contributed by atoms with Crippen molar-refractivity contribution >= 4 is 70.7 Å². The van der Waals surface area contributed by atoms with Gasteiger partial charge >= 0.3 is 120 Å². The second kappa shape index (κ2) is 14.9. The van der Waals surface area contributed by atoms with Crippen molar-refractivity contribution in [2.45, 2.75) is 18.9 Å². The van der Waals surface area contributed by atoms with Gasteiger partial charge in [0.2, 0.25) is 0 Å². The van der Waals surface area contributed by atoms with Gasteiger partial charge in [-0.05, 0) is 0 Å². The van der Waals surface area contributed by atoms with Gasteiger partial charge in [0, 0.05) is 0 Å². The fourth-order valence-corrected chi connectivity index (χ4v) is 2.45. The molecule has 1 heterocycles. The van der Waals surface area contributed by atoms with Gasteiger partial charge in [-0.3, -0.25) is 0 Å². The summed E-state index contributed by atoms with van der Waals surface area (Å²) in [5, 5.41) is 0. The molecule has 0 N–H and O–H groups in total. The van der Waals surface area contributed by atoms with Crippen LogP contribution in [0.15, 0.2) is 0 Å². The van der Waals surface area contributed by atoms with Crippen LogP contribution in [0.4, 0.5) is 51.8 Å². The summed E-state index contributed by atoms with van der Waals surface area (Å²) in [5.74, 6) is 0. The molecule has 2 nitrogen and oxygen atoms in total. The summed E-state index contributed by atoms with van der Waals surface area (Å²) >= 11 is 0.993. The number of ether oxygens (including phenoxy) is 1. The topological polar surface area (TPSA) is 12.5 Å². The third kappa shape index (κ3) is 58.8. The Balaban J connectivity index is -0.000000279. The van der Waals surface area contributed by atoms with E-state index in [-0.39, 0.29) is 0 Å². The fourth-order valence-electron chi connectivity index (χ4n) is 1.46. The maximum Gasteiger partial charge on any atom is 0.673 e. The molecule has 0 bridgehead atoms. The summed E-state index contributed by atoms with van der Waals surface area (Å²) in [4.78, 5) is 2.55. The Kier molecular flexibility index (Phi) is 18.3. The second-order valence-corrected chi connectivity index (χ2v) is 5.34. The number of rotatable bonds is 2. The zero-order valence-corrected chi connectivity index (χ0v) is 16.4. The average Bonchev–Trinajstić information content (AvgIpc) is 2.33. The van der Waals surface area contributed by atoms with E-state index in [9.17, 15) is 51.8 Å². The fraction of sp³-hybridized carbons (Fsp3) is 1.00. The monoisotopic (exact) mass is 428 g/mol. The molecule has 0 aromatic rings. The summed E-state index contributed by atoms with van der Waals surface area (Å²) in [6.07, 6.45) is 3.04. The van der Waals surface area contributed by atoms with E-state index in [1.165, 1.54) is 26.6 Å². The first-order valence-corrected chi connectivity index (χ1v) is 8.94. The summed E-state index contributed by atoms with van der Waals surface area (Å²) in [7, 11) is -16.2. The summed E-state index contributed by atoms with van der Waals surface area (Å²) in [6, 6.07) is 0. The van der Waals surface area contributed by atoms with Gasteiger partial charge in [-0.1, -0.05) is 0 Å². The molecule has 25 heavy (non-hydrogen) atoms. The van der Waals surface area contributed by atoms with Gasteiger partial charge in [0.1, 0.15) is 0 Å². The van der Waals surface area contributed by atoms with Crippen LogP contribution in [0.5, 0.6) is 0 Å². The van der Waals surface area contributed by atoms with E-state index in [1.807, 2.05) is 7.11 Å². The van der Waals surface area contributed by atoms with Gasteiger partial charge in [0.15, 0.2) is 0 Å². The van der Waals surface area contributed by atoms with Crippen LogP contribution >= 0.6 is 0 Å². The largest absolute Gasteiger partial charge is 0.673 e. The normalized spacial score (nSPS) is 16.6. The summed E-state index contributed by atoms with van der Waals surface area (Å²) < 4.78 is 124. The van der Waals surface area contributed by atoms with Gasteiger partial charge in [-0.15, -0.1) is 0 Å². The zero-order chi connectivity index (χ0) is 20.9. The van der Waals surface area contributed by atoms with Gasteiger partial charge in [0.05, 0.1) is 0 Å². The van der Waals surface area contributed by atoms with Crippen LogP contribution in [0.2, 0.25) is 0 Å². The predicted molar refractivity (Wildman–Crippen MR) is 72.8 cm³/mol. The quantitative estimate of drug-likeness (QED) is 0.485.